The van der Waals surface area contributed by atoms with Gasteiger partial charge in [0.1, 0.15) is 0 Å². The van der Waals surface area contributed by atoms with Gasteiger partial charge in [-0.05, 0) is 5.92 Å². The number of nitrogens with two attached hydrogens (primary N) is 1. The third-order valence-electron chi connectivity index (χ3n) is 1.12. The summed E-state index contributed by atoms with van der Waals surface area (Å²) in [7, 11) is -3.32. The Morgan fingerprint density at radius 2 is 1.92 bits per heavy atom. The van der Waals surface area contributed by atoms with E-state index in [1.807, 2.05) is 13.8 Å². The van der Waals surface area contributed by atoms with Crippen LogP contribution in [0.2, 0.25) is 0 Å². The van der Waals surface area contributed by atoms with Crippen LogP contribution in [-0.4, -0.2) is 28.1 Å². The summed E-state index contributed by atoms with van der Waals surface area (Å²) in [6.07, 6.45) is 0. The predicted molar refractivity (Wildman–Crippen MR) is 48.8 cm³/mol. The molecule has 0 amide bonds. The van der Waals surface area contributed by atoms with Gasteiger partial charge in [0, 0.05) is 19.6 Å². The van der Waals surface area contributed by atoms with Crippen LogP contribution in [0.3, 0.4) is 0 Å². The van der Waals surface area contributed by atoms with Crippen molar-refractivity contribution in [1.29, 1.82) is 0 Å². The van der Waals surface area contributed by atoms with Crippen LogP contribution < -0.4 is 15.2 Å². The summed E-state index contributed by atoms with van der Waals surface area (Å²) in [6.45, 7) is 4.90. The minimum atomic E-state index is -3.32. The van der Waals surface area contributed by atoms with Crippen molar-refractivity contribution in [2.24, 2.45) is 11.7 Å². The van der Waals surface area contributed by atoms with Crippen LogP contribution in [0.5, 0.6) is 0 Å². The van der Waals surface area contributed by atoms with Crippen LogP contribution in [0.25, 0.3) is 0 Å². The molecule has 12 heavy (non-hydrogen) atoms. The van der Waals surface area contributed by atoms with Gasteiger partial charge in [-0.3, -0.25) is 0 Å². The van der Waals surface area contributed by atoms with Crippen LogP contribution in [0.4, 0.5) is 0 Å². The summed E-state index contributed by atoms with van der Waals surface area (Å²) < 4.78 is 26.7. The number of nitrogens with one attached hydrogen (secondary N) is 2. The Morgan fingerprint density at radius 1 is 1.33 bits per heavy atom. The van der Waals surface area contributed by atoms with E-state index in [2.05, 4.69) is 9.44 Å². The lowest BCUT2D eigenvalue weighted by atomic mass is 10.2. The maximum atomic E-state index is 11.0. The molecule has 0 aliphatic rings. The Balaban J connectivity index is 3.73. The molecule has 0 spiro atoms. The van der Waals surface area contributed by atoms with Gasteiger partial charge in [0.05, 0.1) is 0 Å². The zero-order valence-corrected chi connectivity index (χ0v) is 8.32. The van der Waals surface area contributed by atoms with Gasteiger partial charge in [-0.1, -0.05) is 13.8 Å². The normalized spacial score (nSPS) is 12.3. The highest BCUT2D eigenvalue weighted by atomic mass is 32.2. The SMILES string of the molecule is CC(C)CNS(=O)(=O)NCCN. The molecule has 0 fully saturated rings. The van der Waals surface area contributed by atoms with Gasteiger partial charge in [-0.25, -0.2) is 9.44 Å². The molecule has 0 aromatic carbocycles. The largest absolute Gasteiger partial charge is 0.329 e. The van der Waals surface area contributed by atoms with E-state index in [0.717, 1.165) is 0 Å². The molecule has 0 unspecified atom stereocenters. The molecule has 0 aromatic rings. The third kappa shape index (κ3) is 6.53. The molecule has 0 radical (unpaired) electrons. The minimum absolute atomic E-state index is 0.271. The highest BCUT2D eigenvalue weighted by molar-refractivity contribution is 7.87. The lowest BCUT2D eigenvalue weighted by Gasteiger charge is -2.08. The first kappa shape index (κ1) is 11.8. The van der Waals surface area contributed by atoms with Crippen molar-refractivity contribution >= 4 is 10.2 Å². The van der Waals surface area contributed by atoms with Crippen LogP contribution in [-0.2, 0) is 10.2 Å². The molecule has 0 atom stereocenters. The standard InChI is InChI=1S/C6H17N3O2S/c1-6(2)5-9-12(10,11)8-4-3-7/h6,8-9H,3-5,7H2,1-2H3. The minimum Gasteiger partial charge on any atom is -0.329 e. The van der Waals surface area contributed by atoms with E-state index in [1.165, 1.54) is 0 Å². The van der Waals surface area contributed by atoms with Gasteiger partial charge >= 0.3 is 0 Å². The molecule has 4 N–H and O–H groups in total. The van der Waals surface area contributed by atoms with Crippen molar-refractivity contribution in [3.05, 3.63) is 0 Å². The van der Waals surface area contributed by atoms with Crippen molar-refractivity contribution in [2.45, 2.75) is 13.8 Å². The number of hydrogen-bond donors (Lipinski definition) is 3. The zero-order chi connectivity index (χ0) is 9.61. The van der Waals surface area contributed by atoms with E-state index in [0.29, 0.717) is 19.0 Å². The van der Waals surface area contributed by atoms with Crippen molar-refractivity contribution < 1.29 is 8.42 Å². The Hall–Kier alpha value is -0.170. The van der Waals surface area contributed by atoms with Crippen LogP contribution in [0.1, 0.15) is 13.8 Å². The highest BCUT2D eigenvalue weighted by Crippen LogP contribution is 1.88. The summed E-state index contributed by atoms with van der Waals surface area (Å²) >= 11 is 0. The molecule has 0 aromatic heterocycles. The lowest BCUT2D eigenvalue weighted by Crippen LogP contribution is -2.40. The van der Waals surface area contributed by atoms with Gasteiger partial charge in [-0.2, -0.15) is 8.42 Å². The summed E-state index contributed by atoms with van der Waals surface area (Å²) in [5.41, 5.74) is 5.14. The van der Waals surface area contributed by atoms with Crippen LogP contribution in [0, 0.1) is 5.92 Å². The molecule has 6 heteroatoms. The second-order valence-corrected chi connectivity index (χ2v) is 4.51. The molecule has 0 aliphatic carbocycles. The zero-order valence-electron chi connectivity index (χ0n) is 7.50. The van der Waals surface area contributed by atoms with Gasteiger partial charge < -0.3 is 5.73 Å². The van der Waals surface area contributed by atoms with Gasteiger partial charge in [0.15, 0.2) is 0 Å². The predicted octanol–water partition coefficient (Wildman–Crippen LogP) is -0.975. The fourth-order valence-electron chi connectivity index (χ4n) is 0.521. The van der Waals surface area contributed by atoms with Crippen molar-refractivity contribution in [1.82, 2.24) is 9.44 Å². The maximum Gasteiger partial charge on any atom is 0.276 e. The molecular formula is C6H17N3O2S. The topological polar surface area (TPSA) is 84.2 Å². The molecule has 0 aliphatic heterocycles. The smallest absolute Gasteiger partial charge is 0.276 e. The maximum absolute atomic E-state index is 11.0. The molecular weight excluding hydrogens is 178 g/mol. The van der Waals surface area contributed by atoms with Crippen molar-refractivity contribution in [2.75, 3.05) is 19.6 Å². The van der Waals surface area contributed by atoms with E-state index in [9.17, 15) is 8.42 Å². The van der Waals surface area contributed by atoms with E-state index in [-0.39, 0.29) is 6.54 Å². The fourth-order valence-corrected chi connectivity index (χ4v) is 1.56. The first-order valence-electron chi connectivity index (χ1n) is 3.92. The fraction of sp³-hybridized carbons (Fsp3) is 1.00. The van der Waals surface area contributed by atoms with Crippen LogP contribution >= 0.6 is 0 Å². The monoisotopic (exact) mass is 195 g/mol. The summed E-state index contributed by atoms with van der Waals surface area (Å²) in [5.74, 6) is 0.305. The quantitative estimate of drug-likeness (QED) is 0.509. The molecule has 0 saturated heterocycles. The Morgan fingerprint density at radius 3 is 2.33 bits per heavy atom. The van der Waals surface area contributed by atoms with E-state index < -0.39 is 10.2 Å². The molecule has 0 rings (SSSR count). The number of rotatable bonds is 6. The number of hydrogen-bond acceptors (Lipinski definition) is 3. The Bertz CT molecular complexity index is 201. The second-order valence-electron chi connectivity index (χ2n) is 2.93. The first-order chi connectivity index (χ1) is 5.48. The molecule has 74 valence electrons. The molecule has 0 saturated carbocycles. The van der Waals surface area contributed by atoms with Crippen molar-refractivity contribution in [3.63, 3.8) is 0 Å². The summed E-state index contributed by atoms with van der Waals surface area (Å²) in [4.78, 5) is 0. The van der Waals surface area contributed by atoms with Crippen LogP contribution in [0.15, 0.2) is 0 Å². The second kappa shape index (κ2) is 5.47. The van der Waals surface area contributed by atoms with Gasteiger partial charge in [-0.15, -0.1) is 0 Å². The van der Waals surface area contributed by atoms with E-state index >= 15 is 0 Å². The first-order valence-corrected chi connectivity index (χ1v) is 5.40. The van der Waals surface area contributed by atoms with Gasteiger partial charge in [0.2, 0.25) is 0 Å². The average molecular weight is 195 g/mol. The molecule has 0 bridgehead atoms. The molecule has 0 heterocycles. The van der Waals surface area contributed by atoms with E-state index in [1.54, 1.807) is 0 Å². The summed E-state index contributed by atoms with van der Waals surface area (Å²) in [6, 6.07) is 0. The van der Waals surface area contributed by atoms with Crippen molar-refractivity contribution in [3.8, 4) is 0 Å². The average Bonchev–Trinajstić information content (AvgIpc) is 1.98. The van der Waals surface area contributed by atoms with E-state index in [4.69, 9.17) is 5.73 Å². The highest BCUT2D eigenvalue weighted by Gasteiger charge is 2.07. The lowest BCUT2D eigenvalue weighted by molar-refractivity contribution is 0.548. The Labute approximate surface area is 73.9 Å². The molecule has 5 nitrogen and oxygen atoms in total. The Kier molecular flexibility index (Phi) is 5.39. The third-order valence-corrected chi connectivity index (χ3v) is 2.25. The summed E-state index contributed by atoms with van der Waals surface area (Å²) in [5, 5.41) is 0. The van der Waals surface area contributed by atoms with Gasteiger partial charge in [0.25, 0.3) is 10.2 Å².